The van der Waals surface area contributed by atoms with Gasteiger partial charge in [-0.25, -0.2) is 14.2 Å². The van der Waals surface area contributed by atoms with Crippen molar-refractivity contribution in [3.8, 4) is 11.1 Å². The van der Waals surface area contributed by atoms with Gasteiger partial charge in [0.15, 0.2) is 11.5 Å². The Morgan fingerprint density at radius 2 is 2.22 bits per heavy atom. The van der Waals surface area contributed by atoms with Crippen molar-refractivity contribution in [2.45, 2.75) is 6.92 Å². The Bertz CT molecular complexity index is 558. The fraction of sp³-hybridized carbons (Fsp3) is 0.154. The minimum absolute atomic E-state index is 0.185. The maximum absolute atomic E-state index is 13.7. The van der Waals surface area contributed by atoms with E-state index in [4.69, 9.17) is 4.74 Å². The van der Waals surface area contributed by atoms with E-state index in [0.29, 0.717) is 5.56 Å². The van der Waals surface area contributed by atoms with Crippen LogP contribution in [0.5, 0.6) is 0 Å². The molecule has 18 heavy (non-hydrogen) atoms. The number of carbonyl (C=O) groups is 1. The molecule has 0 fully saturated rings. The maximum Gasteiger partial charge on any atom is 0.359 e. The number of aromatic nitrogens is 2. The smallest absolute Gasteiger partial charge is 0.359 e. The summed E-state index contributed by atoms with van der Waals surface area (Å²) in [5.41, 5.74) is 0.998. The van der Waals surface area contributed by atoms with Crippen LogP contribution >= 0.6 is 0 Å². The maximum atomic E-state index is 13.7. The topological polar surface area (TPSA) is 52.1 Å². The number of hydrogen-bond acceptors (Lipinski definition) is 4. The Kier molecular flexibility index (Phi) is 3.62. The van der Waals surface area contributed by atoms with Gasteiger partial charge in [-0.05, 0) is 19.1 Å². The lowest BCUT2D eigenvalue weighted by Crippen LogP contribution is -2.09. The highest BCUT2D eigenvalue weighted by Gasteiger charge is 2.15. The number of carbonyl (C=O) groups excluding carboxylic acids is 1. The third-order valence-electron chi connectivity index (χ3n) is 2.30. The Morgan fingerprint density at radius 1 is 1.39 bits per heavy atom. The summed E-state index contributed by atoms with van der Waals surface area (Å²) in [5, 5.41) is 0. The van der Waals surface area contributed by atoms with Crippen molar-refractivity contribution in [1.29, 1.82) is 0 Å². The minimum Gasteiger partial charge on any atom is -0.461 e. The first-order valence-electron chi connectivity index (χ1n) is 5.45. The summed E-state index contributed by atoms with van der Waals surface area (Å²) >= 11 is 0. The van der Waals surface area contributed by atoms with E-state index in [0.717, 1.165) is 5.56 Å². The molecular weight excluding hydrogens is 235 g/mol. The van der Waals surface area contributed by atoms with Crippen molar-refractivity contribution in [2.75, 3.05) is 6.61 Å². The minimum atomic E-state index is -0.757. The van der Waals surface area contributed by atoms with Gasteiger partial charge in [-0.1, -0.05) is 6.07 Å². The second kappa shape index (κ2) is 5.35. The van der Waals surface area contributed by atoms with Crippen LogP contribution in [0.1, 0.15) is 17.4 Å². The molecule has 0 aliphatic heterocycles. The molecule has 92 valence electrons. The first-order valence-corrected chi connectivity index (χ1v) is 5.45. The second-order valence-corrected chi connectivity index (χ2v) is 3.52. The molecule has 0 saturated carbocycles. The number of rotatable bonds is 3. The molecule has 0 aliphatic carbocycles. The monoisotopic (exact) mass is 246 g/mol. The van der Waals surface area contributed by atoms with Crippen LogP contribution in [-0.2, 0) is 4.74 Å². The lowest BCUT2D eigenvalue weighted by atomic mass is 10.1. The standard InChI is InChI=1S/C13H11FN2O2/c1-2-18-13(17)12-11(14)6-10(8-16-12)9-4-3-5-15-7-9/h3-8H,2H2,1H3. The highest BCUT2D eigenvalue weighted by molar-refractivity contribution is 5.88. The summed E-state index contributed by atoms with van der Waals surface area (Å²) < 4.78 is 18.4. The van der Waals surface area contributed by atoms with Crippen LogP contribution in [0.2, 0.25) is 0 Å². The highest BCUT2D eigenvalue weighted by atomic mass is 19.1. The van der Waals surface area contributed by atoms with Gasteiger partial charge in [0, 0.05) is 29.7 Å². The van der Waals surface area contributed by atoms with E-state index in [-0.39, 0.29) is 12.3 Å². The van der Waals surface area contributed by atoms with Crippen molar-refractivity contribution in [2.24, 2.45) is 0 Å². The zero-order valence-electron chi connectivity index (χ0n) is 9.76. The number of ether oxygens (including phenoxy) is 1. The number of hydrogen-bond donors (Lipinski definition) is 0. The Balaban J connectivity index is 2.34. The van der Waals surface area contributed by atoms with Crippen molar-refractivity contribution >= 4 is 5.97 Å². The van der Waals surface area contributed by atoms with Gasteiger partial charge in [-0.15, -0.1) is 0 Å². The van der Waals surface area contributed by atoms with E-state index in [2.05, 4.69) is 9.97 Å². The third kappa shape index (κ3) is 2.51. The molecule has 4 nitrogen and oxygen atoms in total. The van der Waals surface area contributed by atoms with Crippen LogP contribution in [-0.4, -0.2) is 22.5 Å². The zero-order valence-corrected chi connectivity index (χ0v) is 9.76. The summed E-state index contributed by atoms with van der Waals surface area (Å²) in [7, 11) is 0. The molecule has 0 N–H and O–H groups in total. The Morgan fingerprint density at radius 3 is 2.83 bits per heavy atom. The van der Waals surface area contributed by atoms with Crippen molar-refractivity contribution in [3.05, 3.63) is 48.3 Å². The van der Waals surface area contributed by atoms with Gasteiger partial charge in [-0.2, -0.15) is 0 Å². The summed E-state index contributed by atoms with van der Waals surface area (Å²) in [6, 6.07) is 4.77. The zero-order chi connectivity index (χ0) is 13.0. The SMILES string of the molecule is CCOC(=O)c1ncc(-c2cccnc2)cc1F. The van der Waals surface area contributed by atoms with Crippen molar-refractivity contribution < 1.29 is 13.9 Å². The summed E-state index contributed by atoms with van der Waals surface area (Å²) in [6.45, 7) is 1.84. The van der Waals surface area contributed by atoms with Gasteiger partial charge in [0.2, 0.25) is 0 Å². The van der Waals surface area contributed by atoms with Gasteiger partial charge in [0.1, 0.15) is 0 Å². The molecule has 0 spiro atoms. The molecule has 0 aliphatic rings. The van der Waals surface area contributed by atoms with Crippen LogP contribution in [0.4, 0.5) is 4.39 Å². The van der Waals surface area contributed by atoms with E-state index in [1.165, 1.54) is 12.3 Å². The summed E-state index contributed by atoms with van der Waals surface area (Å²) in [5.74, 6) is -1.46. The summed E-state index contributed by atoms with van der Waals surface area (Å²) in [6.07, 6.45) is 4.65. The van der Waals surface area contributed by atoms with Crippen LogP contribution in [0.25, 0.3) is 11.1 Å². The van der Waals surface area contributed by atoms with E-state index < -0.39 is 11.8 Å². The molecule has 0 aromatic carbocycles. The lowest BCUT2D eigenvalue weighted by Gasteiger charge is -2.04. The largest absolute Gasteiger partial charge is 0.461 e. The van der Waals surface area contributed by atoms with Crippen molar-refractivity contribution in [1.82, 2.24) is 9.97 Å². The van der Waals surface area contributed by atoms with E-state index in [9.17, 15) is 9.18 Å². The molecule has 2 heterocycles. The first kappa shape index (κ1) is 12.2. The normalized spacial score (nSPS) is 10.1. The van der Waals surface area contributed by atoms with Gasteiger partial charge < -0.3 is 4.74 Å². The quantitative estimate of drug-likeness (QED) is 0.780. The molecule has 0 unspecified atom stereocenters. The molecule has 0 atom stereocenters. The molecule has 0 saturated heterocycles. The van der Waals surface area contributed by atoms with Gasteiger partial charge in [-0.3, -0.25) is 4.98 Å². The highest BCUT2D eigenvalue weighted by Crippen LogP contribution is 2.19. The van der Waals surface area contributed by atoms with Crippen LogP contribution < -0.4 is 0 Å². The summed E-state index contributed by atoms with van der Waals surface area (Å²) in [4.78, 5) is 19.1. The van der Waals surface area contributed by atoms with E-state index in [1.54, 1.807) is 31.5 Å². The lowest BCUT2D eigenvalue weighted by molar-refractivity contribution is 0.0513. The molecule has 0 radical (unpaired) electrons. The predicted molar refractivity (Wildman–Crippen MR) is 63.4 cm³/mol. The fourth-order valence-electron chi connectivity index (χ4n) is 1.48. The second-order valence-electron chi connectivity index (χ2n) is 3.52. The molecule has 5 heteroatoms. The fourth-order valence-corrected chi connectivity index (χ4v) is 1.48. The third-order valence-corrected chi connectivity index (χ3v) is 2.30. The molecule has 2 rings (SSSR count). The molecule has 0 amide bonds. The number of nitrogens with zero attached hydrogens (tertiary/aromatic N) is 2. The van der Waals surface area contributed by atoms with Crippen LogP contribution in [0, 0.1) is 5.82 Å². The van der Waals surface area contributed by atoms with E-state index >= 15 is 0 Å². The predicted octanol–water partition coefficient (Wildman–Crippen LogP) is 2.46. The van der Waals surface area contributed by atoms with Gasteiger partial charge in [0.25, 0.3) is 0 Å². The number of esters is 1. The molecular formula is C13H11FN2O2. The van der Waals surface area contributed by atoms with Gasteiger partial charge >= 0.3 is 5.97 Å². The first-order chi connectivity index (χ1) is 8.72. The van der Waals surface area contributed by atoms with Crippen LogP contribution in [0.15, 0.2) is 36.8 Å². The number of pyridine rings is 2. The van der Waals surface area contributed by atoms with Crippen molar-refractivity contribution in [3.63, 3.8) is 0 Å². The average Bonchev–Trinajstić information content (AvgIpc) is 2.40. The van der Waals surface area contributed by atoms with Gasteiger partial charge in [0.05, 0.1) is 6.61 Å². The van der Waals surface area contributed by atoms with E-state index in [1.807, 2.05) is 0 Å². The molecule has 2 aromatic heterocycles. The molecule has 0 bridgehead atoms. The average molecular weight is 246 g/mol. The Hall–Kier alpha value is -2.30. The Labute approximate surface area is 103 Å². The number of halogens is 1. The van der Waals surface area contributed by atoms with Crippen LogP contribution in [0.3, 0.4) is 0 Å². The molecule has 2 aromatic rings.